The van der Waals surface area contributed by atoms with Crippen LogP contribution < -0.4 is 10.5 Å². The number of allylic oxidation sites excluding steroid dienone is 1. The Morgan fingerprint density at radius 3 is 2.53 bits per heavy atom. The molecule has 0 fully saturated rings. The van der Waals surface area contributed by atoms with Crippen molar-refractivity contribution in [3.05, 3.63) is 59.4 Å². The van der Waals surface area contributed by atoms with E-state index in [0.29, 0.717) is 22.5 Å². The Hall–Kier alpha value is -2.62. The topological polar surface area (TPSA) is 65.2 Å². The molecular formula is C15H12N2O2. The van der Waals surface area contributed by atoms with Crippen molar-refractivity contribution in [3.63, 3.8) is 0 Å². The maximum atomic E-state index is 12.4. The summed E-state index contributed by atoms with van der Waals surface area (Å²) in [5.41, 5.74) is 8.90. The number of pyridine rings is 1. The number of ether oxygens (including phenoxy) is 1. The molecule has 4 nitrogen and oxygen atoms in total. The molecule has 1 aliphatic rings. The summed E-state index contributed by atoms with van der Waals surface area (Å²) in [6.07, 6.45) is 1.63. The Bertz CT molecular complexity index is 688. The lowest BCUT2D eigenvalue weighted by atomic mass is 10.0. The Labute approximate surface area is 110 Å². The lowest BCUT2D eigenvalue weighted by Gasteiger charge is -2.04. The van der Waals surface area contributed by atoms with Crippen LogP contribution in [-0.2, 0) is 0 Å². The van der Waals surface area contributed by atoms with Gasteiger partial charge in [0, 0.05) is 6.20 Å². The molecule has 0 saturated carbocycles. The first-order valence-corrected chi connectivity index (χ1v) is 5.86. The van der Waals surface area contributed by atoms with Crippen molar-refractivity contribution in [2.75, 3.05) is 7.11 Å². The lowest BCUT2D eigenvalue weighted by Crippen LogP contribution is -2.00. The van der Waals surface area contributed by atoms with E-state index in [1.54, 1.807) is 37.6 Å². The van der Waals surface area contributed by atoms with Crippen molar-refractivity contribution in [1.82, 2.24) is 4.98 Å². The minimum atomic E-state index is -0.0780. The zero-order valence-electron chi connectivity index (χ0n) is 10.4. The Balaban J connectivity index is 2.11. The standard InChI is InChI=1S/C15H12N2O2/c1-19-10-6-4-9(5-7-10)12-13(16)14-11(15(12)18)3-2-8-17-14/h2-8H,16H2,1H3. The highest BCUT2D eigenvalue weighted by Gasteiger charge is 2.29. The third kappa shape index (κ3) is 1.69. The van der Waals surface area contributed by atoms with Crippen LogP contribution >= 0.6 is 0 Å². The number of methoxy groups -OCH3 is 1. The smallest absolute Gasteiger partial charge is 0.198 e. The van der Waals surface area contributed by atoms with Gasteiger partial charge in [-0.05, 0) is 29.8 Å². The van der Waals surface area contributed by atoms with Crippen LogP contribution in [0.4, 0.5) is 0 Å². The number of Topliss-reactive ketones (excluding diaryl/α,β-unsaturated/α-hetero) is 1. The van der Waals surface area contributed by atoms with Crippen molar-refractivity contribution in [2.24, 2.45) is 5.73 Å². The molecule has 1 aromatic heterocycles. The predicted molar refractivity (Wildman–Crippen MR) is 72.6 cm³/mol. The summed E-state index contributed by atoms with van der Waals surface area (Å²) in [5.74, 6) is 0.662. The second kappa shape index (κ2) is 4.24. The van der Waals surface area contributed by atoms with Crippen LogP contribution in [0.5, 0.6) is 5.75 Å². The molecule has 0 bridgehead atoms. The summed E-state index contributed by atoms with van der Waals surface area (Å²) in [5, 5.41) is 0. The number of carbonyl (C=O) groups excluding carboxylic acids is 1. The van der Waals surface area contributed by atoms with E-state index in [4.69, 9.17) is 10.5 Å². The van der Waals surface area contributed by atoms with E-state index in [-0.39, 0.29) is 5.78 Å². The van der Waals surface area contributed by atoms with Crippen LogP contribution in [-0.4, -0.2) is 17.9 Å². The normalized spacial score (nSPS) is 13.6. The highest BCUT2D eigenvalue weighted by Crippen LogP contribution is 2.34. The van der Waals surface area contributed by atoms with Gasteiger partial charge in [-0.1, -0.05) is 12.1 Å². The number of carbonyl (C=O) groups is 1. The molecular weight excluding hydrogens is 240 g/mol. The molecule has 4 heteroatoms. The molecule has 0 atom stereocenters. The Morgan fingerprint density at radius 2 is 1.89 bits per heavy atom. The average molecular weight is 252 g/mol. The summed E-state index contributed by atoms with van der Waals surface area (Å²) >= 11 is 0. The van der Waals surface area contributed by atoms with Crippen molar-refractivity contribution in [1.29, 1.82) is 0 Å². The quantitative estimate of drug-likeness (QED) is 0.889. The Morgan fingerprint density at radius 1 is 1.16 bits per heavy atom. The summed E-state index contributed by atoms with van der Waals surface area (Å²) in [6, 6.07) is 10.7. The van der Waals surface area contributed by atoms with Gasteiger partial charge >= 0.3 is 0 Å². The van der Waals surface area contributed by atoms with Crippen molar-refractivity contribution >= 4 is 17.1 Å². The van der Waals surface area contributed by atoms with Gasteiger partial charge in [0.2, 0.25) is 0 Å². The van der Waals surface area contributed by atoms with Crippen molar-refractivity contribution in [3.8, 4) is 5.75 Å². The van der Waals surface area contributed by atoms with Crippen LogP contribution in [0.3, 0.4) is 0 Å². The number of aromatic nitrogens is 1. The minimum Gasteiger partial charge on any atom is -0.497 e. The minimum absolute atomic E-state index is 0.0780. The van der Waals surface area contributed by atoms with E-state index < -0.39 is 0 Å². The van der Waals surface area contributed by atoms with Crippen LogP contribution in [0.1, 0.15) is 21.6 Å². The van der Waals surface area contributed by atoms with Gasteiger partial charge in [-0.2, -0.15) is 0 Å². The second-order valence-corrected chi connectivity index (χ2v) is 4.25. The number of hydrogen-bond acceptors (Lipinski definition) is 4. The fourth-order valence-electron chi connectivity index (χ4n) is 2.22. The van der Waals surface area contributed by atoms with Crippen LogP contribution in [0.2, 0.25) is 0 Å². The molecule has 0 spiro atoms. The molecule has 1 heterocycles. The van der Waals surface area contributed by atoms with Crippen molar-refractivity contribution < 1.29 is 9.53 Å². The van der Waals surface area contributed by atoms with Crippen molar-refractivity contribution in [2.45, 2.75) is 0 Å². The molecule has 1 aromatic carbocycles. The summed E-state index contributed by atoms with van der Waals surface area (Å²) in [6.45, 7) is 0. The van der Waals surface area contributed by atoms with E-state index in [0.717, 1.165) is 11.3 Å². The molecule has 0 radical (unpaired) electrons. The molecule has 1 aliphatic carbocycles. The van der Waals surface area contributed by atoms with Gasteiger partial charge in [0.15, 0.2) is 5.78 Å². The van der Waals surface area contributed by atoms with E-state index >= 15 is 0 Å². The predicted octanol–water partition coefficient (Wildman–Crippen LogP) is 2.11. The molecule has 0 aliphatic heterocycles. The number of nitrogens with zero attached hydrogens (tertiary/aromatic N) is 1. The molecule has 0 unspecified atom stereocenters. The number of benzene rings is 1. The lowest BCUT2D eigenvalue weighted by molar-refractivity contribution is 0.105. The van der Waals surface area contributed by atoms with Gasteiger partial charge in [-0.25, -0.2) is 0 Å². The molecule has 3 rings (SSSR count). The van der Waals surface area contributed by atoms with Crippen LogP contribution in [0.25, 0.3) is 11.3 Å². The highest BCUT2D eigenvalue weighted by atomic mass is 16.5. The van der Waals surface area contributed by atoms with Crippen LogP contribution in [0, 0.1) is 0 Å². The first-order chi connectivity index (χ1) is 9.22. The van der Waals surface area contributed by atoms with E-state index in [9.17, 15) is 4.79 Å². The van der Waals surface area contributed by atoms with E-state index in [2.05, 4.69) is 4.98 Å². The largest absolute Gasteiger partial charge is 0.497 e. The zero-order valence-corrected chi connectivity index (χ0v) is 10.4. The molecule has 0 amide bonds. The number of hydrogen-bond donors (Lipinski definition) is 1. The number of rotatable bonds is 2. The maximum absolute atomic E-state index is 12.4. The fourth-order valence-corrected chi connectivity index (χ4v) is 2.22. The molecule has 94 valence electrons. The summed E-state index contributed by atoms with van der Waals surface area (Å²) < 4.78 is 5.10. The maximum Gasteiger partial charge on any atom is 0.198 e. The molecule has 19 heavy (non-hydrogen) atoms. The summed E-state index contributed by atoms with van der Waals surface area (Å²) in [4.78, 5) is 16.5. The first-order valence-electron chi connectivity index (χ1n) is 5.86. The van der Waals surface area contributed by atoms with E-state index in [1.165, 1.54) is 0 Å². The van der Waals surface area contributed by atoms with Gasteiger partial charge in [-0.3, -0.25) is 9.78 Å². The second-order valence-electron chi connectivity index (χ2n) is 4.25. The number of ketones is 1. The third-order valence-corrected chi connectivity index (χ3v) is 3.18. The first kappa shape index (κ1) is 11.5. The fraction of sp³-hybridized carbons (Fsp3) is 0.0667. The molecule has 2 aromatic rings. The number of fused-ring (bicyclic) bond motifs is 1. The van der Waals surface area contributed by atoms with E-state index in [1.807, 2.05) is 12.1 Å². The molecule has 2 N–H and O–H groups in total. The van der Waals surface area contributed by atoms with Gasteiger partial charge in [0.05, 0.1) is 29.6 Å². The number of nitrogens with two attached hydrogens (primary N) is 1. The van der Waals surface area contributed by atoms with Crippen LogP contribution in [0.15, 0.2) is 42.6 Å². The highest BCUT2D eigenvalue weighted by molar-refractivity contribution is 6.39. The SMILES string of the molecule is COc1ccc(C2=C(N)c3ncccc3C2=O)cc1. The van der Waals surface area contributed by atoms with Gasteiger partial charge in [0.1, 0.15) is 5.75 Å². The monoisotopic (exact) mass is 252 g/mol. The Kier molecular flexibility index (Phi) is 2.56. The average Bonchev–Trinajstić information content (AvgIpc) is 2.72. The third-order valence-electron chi connectivity index (χ3n) is 3.18. The van der Waals surface area contributed by atoms with Gasteiger partial charge < -0.3 is 10.5 Å². The zero-order chi connectivity index (χ0) is 13.4. The molecule has 0 saturated heterocycles. The van der Waals surface area contributed by atoms with Gasteiger partial charge in [0.25, 0.3) is 0 Å². The van der Waals surface area contributed by atoms with Gasteiger partial charge in [-0.15, -0.1) is 0 Å². The summed E-state index contributed by atoms with van der Waals surface area (Å²) in [7, 11) is 1.60.